The van der Waals surface area contributed by atoms with E-state index in [2.05, 4.69) is 14.9 Å². The minimum atomic E-state index is 0.223. The van der Waals surface area contributed by atoms with Crippen molar-refractivity contribution in [2.45, 2.75) is 12.8 Å². The first kappa shape index (κ1) is 9.39. The molecule has 1 N–H and O–H groups in total. The first-order chi connectivity index (χ1) is 7.86. The SMILES string of the molecule is Oc1cccc2c(N3CCCC3)ncnc12. The summed E-state index contributed by atoms with van der Waals surface area (Å²) in [5.41, 5.74) is 0.638. The van der Waals surface area contributed by atoms with Gasteiger partial charge in [0, 0.05) is 18.5 Å². The van der Waals surface area contributed by atoms with Crippen molar-refractivity contribution in [3.05, 3.63) is 24.5 Å². The zero-order chi connectivity index (χ0) is 11.0. The maximum Gasteiger partial charge on any atom is 0.142 e. The molecule has 0 bridgehead atoms. The standard InChI is InChI=1S/C12H13N3O/c16-10-5-3-4-9-11(10)13-8-14-12(9)15-6-1-2-7-15/h3-5,8,16H,1-2,6-7H2. The van der Waals surface area contributed by atoms with E-state index < -0.39 is 0 Å². The summed E-state index contributed by atoms with van der Waals surface area (Å²) in [6.07, 6.45) is 3.95. The van der Waals surface area contributed by atoms with E-state index in [1.54, 1.807) is 6.07 Å². The molecule has 0 aliphatic carbocycles. The molecule has 0 saturated carbocycles. The molecule has 0 unspecified atom stereocenters. The largest absolute Gasteiger partial charge is 0.506 e. The third-order valence-corrected chi connectivity index (χ3v) is 3.03. The van der Waals surface area contributed by atoms with Gasteiger partial charge in [-0.05, 0) is 25.0 Å². The van der Waals surface area contributed by atoms with Crippen LogP contribution in [0, 0.1) is 0 Å². The van der Waals surface area contributed by atoms with Crippen LogP contribution < -0.4 is 4.90 Å². The van der Waals surface area contributed by atoms with Crippen molar-refractivity contribution < 1.29 is 5.11 Å². The van der Waals surface area contributed by atoms with E-state index in [0.717, 1.165) is 24.3 Å². The van der Waals surface area contributed by atoms with Gasteiger partial charge in [-0.1, -0.05) is 6.07 Å². The normalized spacial score (nSPS) is 15.9. The van der Waals surface area contributed by atoms with Crippen LogP contribution in [0.5, 0.6) is 5.75 Å². The fourth-order valence-corrected chi connectivity index (χ4v) is 2.24. The summed E-state index contributed by atoms with van der Waals surface area (Å²) in [6, 6.07) is 5.45. The van der Waals surface area contributed by atoms with Crippen LogP contribution in [-0.4, -0.2) is 28.2 Å². The Balaban J connectivity index is 2.20. The van der Waals surface area contributed by atoms with Gasteiger partial charge in [0.25, 0.3) is 0 Å². The second-order valence-corrected chi connectivity index (χ2v) is 4.06. The number of hydrogen-bond donors (Lipinski definition) is 1. The first-order valence-electron chi connectivity index (χ1n) is 5.54. The van der Waals surface area contributed by atoms with Gasteiger partial charge >= 0.3 is 0 Å². The molecule has 1 aliphatic heterocycles. The Bertz CT molecular complexity index is 521. The van der Waals surface area contributed by atoms with E-state index in [0.29, 0.717) is 5.52 Å². The molecule has 3 rings (SSSR count). The van der Waals surface area contributed by atoms with Crippen molar-refractivity contribution in [3.63, 3.8) is 0 Å². The van der Waals surface area contributed by atoms with E-state index in [-0.39, 0.29) is 5.75 Å². The molecule has 2 aromatic rings. The Hall–Kier alpha value is -1.84. The van der Waals surface area contributed by atoms with Crippen molar-refractivity contribution in [1.29, 1.82) is 0 Å². The fourth-order valence-electron chi connectivity index (χ4n) is 2.24. The Labute approximate surface area is 93.6 Å². The molecule has 1 fully saturated rings. The van der Waals surface area contributed by atoms with Gasteiger partial charge in [-0.3, -0.25) is 0 Å². The molecule has 4 heteroatoms. The lowest BCUT2D eigenvalue weighted by Crippen LogP contribution is -2.19. The van der Waals surface area contributed by atoms with E-state index in [9.17, 15) is 5.11 Å². The maximum atomic E-state index is 9.73. The molecule has 1 aliphatic rings. The van der Waals surface area contributed by atoms with Crippen LogP contribution in [0.25, 0.3) is 10.9 Å². The number of aromatic hydroxyl groups is 1. The highest BCUT2D eigenvalue weighted by Crippen LogP contribution is 2.29. The number of phenols is 1. The molecule has 0 amide bonds. The molecular weight excluding hydrogens is 202 g/mol. The number of benzene rings is 1. The Morgan fingerprint density at radius 2 is 1.94 bits per heavy atom. The Morgan fingerprint density at radius 3 is 2.75 bits per heavy atom. The van der Waals surface area contributed by atoms with E-state index in [4.69, 9.17) is 0 Å². The molecule has 1 aromatic carbocycles. The van der Waals surface area contributed by atoms with Crippen LogP contribution in [-0.2, 0) is 0 Å². The van der Waals surface area contributed by atoms with E-state index in [1.165, 1.54) is 19.2 Å². The Kier molecular flexibility index (Phi) is 2.13. The number of anilines is 1. The lowest BCUT2D eigenvalue weighted by atomic mass is 10.2. The summed E-state index contributed by atoms with van der Waals surface area (Å²) < 4.78 is 0. The van der Waals surface area contributed by atoms with Gasteiger partial charge < -0.3 is 10.0 Å². The number of rotatable bonds is 1. The zero-order valence-corrected chi connectivity index (χ0v) is 8.93. The second kappa shape index (κ2) is 3.63. The predicted octanol–water partition coefficient (Wildman–Crippen LogP) is 1.94. The molecule has 4 nitrogen and oxygen atoms in total. The third kappa shape index (κ3) is 1.38. The zero-order valence-electron chi connectivity index (χ0n) is 8.93. The maximum absolute atomic E-state index is 9.73. The molecule has 1 aromatic heterocycles. The topological polar surface area (TPSA) is 49.2 Å². The van der Waals surface area contributed by atoms with Crippen LogP contribution in [0.15, 0.2) is 24.5 Å². The van der Waals surface area contributed by atoms with Crippen molar-refractivity contribution >= 4 is 16.7 Å². The van der Waals surface area contributed by atoms with E-state index >= 15 is 0 Å². The summed E-state index contributed by atoms with van der Waals surface area (Å²) in [4.78, 5) is 10.7. The highest BCUT2D eigenvalue weighted by molar-refractivity contribution is 5.93. The molecule has 1 saturated heterocycles. The smallest absolute Gasteiger partial charge is 0.142 e. The minimum Gasteiger partial charge on any atom is -0.506 e. The van der Waals surface area contributed by atoms with Gasteiger partial charge in [0.15, 0.2) is 0 Å². The van der Waals surface area contributed by atoms with Crippen LogP contribution in [0.3, 0.4) is 0 Å². The lowest BCUT2D eigenvalue weighted by molar-refractivity contribution is 0.480. The predicted molar refractivity (Wildman–Crippen MR) is 62.6 cm³/mol. The average Bonchev–Trinajstić information content (AvgIpc) is 2.82. The van der Waals surface area contributed by atoms with Crippen LogP contribution in [0.4, 0.5) is 5.82 Å². The number of aromatic nitrogens is 2. The summed E-state index contributed by atoms with van der Waals surface area (Å²) in [5.74, 6) is 1.17. The molecule has 0 spiro atoms. The number of fused-ring (bicyclic) bond motifs is 1. The van der Waals surface area contributed by atoms with Crippen LogP contribution >= 0.6 is 0 Å². The highest BCUT2D eigenvalue weighted by atomic mass is 16.3. The number of hydrogen-bond acceptors (Lipinski definition) is 4. The van der Waals surface area contributed by atoms with Gasteiger partial charge in [0.1, 0.15) is 23.4 Å². The third-order valence-electron chi connectivity index (χ3n) is 3.03. The number of phenolic OH excluding ortho intramolecular Hbond substituents is 1. The van der Waals surface area contributed by atoms with Crippen molar-refractivity contribution in [2.75, 3.05) is 18.0 Å². The van der Waals surface area contributed by atoms with Gasteiger partial charge in [-0.2, -0.15) is 0 Å². The van der Waals surface area contributed by atoms with E-state index in [1.807, 2.05) is 12.1 Å². The van der Waals surface area contributed by atoms with Gasteiger partial charge in [0.2, 0.25) is 0 Å². The van der Waals surface area contributed by atoms with Crippen LogP contribution in [0.1, 0.15) is 12.8 Å². The quantitative estimate of drug-likeness (QED) is 0.789. The first-order valence-corrected chi connectivity index (χ1v) is 5.54. The van der Waals surface area contributed by atoms with Gasteiger partial charge in [-0.15, -0.1) is 0 Å². The van der Waals surface area contributed by atoms with Gasteiger partial charge in [-0.25, -0.2) is 9.97 Å². The van der Waals surface area contributed by atoms with Gasteiger partial charge in [0.05, 0.1) is 0 Å². The molecule has 2 heterocycles. The average molecular weight is 215 g/mol. The molecule has 82 valence electrons. The summed E-state index contributed by atoms with van der Waals surface area (Å²) >= 11 is 0. The van der Waals surface area contributed by atoms with Crippen LogP contribution in [0.2, 0.25) is 0 Å². The van der Waals surface area contributed by atoms with Crippen molar-refractivity contribution in [2.24, 2.45) is 0 Å². The monoisotopic (exact) mass is 215 g/mol. The Morgan fingerprint density at radius 1 is 1.12 bits per heavy atom. The fraction of sp³-hybridized carbons (Fsp3) is 0.333. The highest BCUT2D eigenvalue weighted by Gasteiger charge is 2.17. The molecule has 0 radical (unpaired) electrons. The van der Waals surface area contributed by atoms with Crippen molar-refractivity contribution in [1.82, 2.24) is 9.97 Å². The molecular formula is C12H13N3O. The number of nitrogens with zero attached hydrogens (tertiary/aromatic N) is 3. The van der Waals surface area contributed by atoms with Crippen molar-refractivity contribution in [3.8, 4) is 5.75 Å². The minimum absolute atomic E-state index is 0.223. The number of para-hydroxylation sites is 1. The summed E-state index contributed by atoms with van der Waals surface area (Å²) in [6.45, 7) is 2.09. The molecule has 0 atom stereocenters. The molecule has 16 heavy (non-hydrogen) atoms. The lowest BCUT2D eigenvalue weighted by Gasteiger charge is -2.17. The summed E-state index contributed by atoms with van der Waals surface area (Å²) in [7, 11) is 0. The second-order valence-electron chi connectivity index (χ2n) is 4.06. The summed E-state index contributed by atoms with van der Waals surface area (Å²) in [5, 5.41) is 10.7.